The molecule has 0 unspecified atom stereocenters. The predicted molar refractivity (Wildman–Crippen MR) is 279 cm³/mol. The third-order valence-electron chi connectivity index (χ3n) is 12.8. The van der Waals surface area contributed by atoms with Crippen LogP contribution in [-0.2, 0) is 0 Å². The van der Waals surface area contributed by atoms with Crippen LogP contribution in [0.2, 0.25) is 0 Å². The van der Waals surface area contributed by atoms with E-state index < -0.39 is 0 Å². The molecule has 0 fully saturated rings. The van der Waals surface area contributed by atoms with Crippen LogP contribution in [0.3, 0.4) is 0 Å². The summed E-state index contributed by atoms with van der Waals surface area (Å²) in [4.78, 5) is 15.6. The zero-order valence-corrected chi connectivity index (χ0v) is 37.8. The second-order valence-electron chi connectivity index (χ2n) is 16.8. The van der Waals surface area contributed by atoms with Crippen molar-refractivity contribution in [2.24, 2.45) is 0 Å². The van der Waals surface area contributed by atoms with E-state index in [2.05, 4.69) is 114 Å². The number of hydrogen-bond acceptors (Lipinski definition) is 8. The van der Waals surface area contributed by atoms with Crippen LogP contribution >= 0.6 is 11.3 Å². The first-order chi connectivity index (χ1) is 34.5. The Morgan fingerprint density at radius 2 is 0.829 bits per heavy atom. The van der Waals surface area contributed by atoms with Crippen molar-refractivity contribution in [3.63, 3.8) is 0 Å². The maximum Gasteiger partial charge on any atom is 0.166 e. The van der Waals surface area contributed by atoms with Crippen molar-refractivity contribution in [1.29, 1.82) is 21.0 Å². The molecule has 0 atom stereocenters. The van der Waals surface area contributed by atoms with Crippen LogP contribution in [0.4, 0.5) is 0 Å². The summed E-state index contributed by atoms with van der Waals surface area (Å²) in [5.41, 5.74) is 11.5. The highest BCUT2D eigenvalue weighted by atomic mass is 32.1. The van der Waals surface area contributed by atoms with Crippen molar-refractivity contribution in [1.82, 2.24) is 19.5 Å². The Bertz CT molecular complexity index is 4100. The zero-order valence-electron chi connectivity index (χ0n) is 37.0. The van der Waals surface area contributed by atoms with E-state index in [1.807, 2.05) is 84.9 Å². The molecular weight excluding hydrogens is 877 g/mol. The van der Waals surface area contributed by atoms with E-state index in [0.29, 0.717) is 50.9 Å². The largest absolute Gasteiger partial charge is 0.308 e. The Balaban J connectivity index is 1.18. The minimum Gasteiger partial charge on any atom is -0.308 e. The van der Waals surface area contributed by atoms with E-state index in [1.54, 1.807) is 35.6 Å². The van der Waals surface area contributed by atoms with Gasteiger partial charge in [0.1, 0.15) is 0 Å². The van der Waals surface area contributed by atoms with Crippen LogP contribution in [0.15, 0.2) is 194 Å². The molecule has 3 heterocycles. The van der Waals surface area contributed by atoms with Crippen LogP contribution in [0, 0.1) is 45.3 Å². The standard InChI is InChI=1S/C61H32N8S/c62-33-37-15-21-47(45(27-37)35-64)43-18-23-49-50-24-19-44(48-22-16-38(34-63)28-46(48)36-65)31-56(50)69(55(49)30-43)54-26-20-41(42-17-25-52-51-13-7-8-14-57(51)70-58(52)32-42)29-53(54)61-67-59(39-9-3-1-4-10-39)66-60(68-61)40-11-5-2-6-12-40/h1-32H. The molecular formula is C61H32N8S. The molecule has 8 nitrogen and oxygen atoms in total. The van der Waals surface area contributed by atoms with Crippen LogP contribution in [0.5, 0.6) is 0 Å². The molecule has 0 bridgehead atoms. The number of nitrogens with zero attached hydrogens (tertiary/aromatic N) is 8. The minimum atomic E-state index is 0.390. The Kier molecular flexibility index (Phi) is 10.1. The molecule has 0 saturated heterocycles. The van der Waals surface area contributed by atoms with Crippen molar-refractivity contribution < 1.29 is 0 Å². The summed E-state index contributed by atoms with van der Waals surface area (Å²) in [6.45, 7) is 0. The van der Waals surface area contributed by atoms with Gasteiger partial charge in [0.15, 0.2) is 17.5 Å². The summed E-state index contributed by atoms with van der Waals surface area (Å²) in [5.74, 6) is 1.51. The van der Waals surface area contributed by atoms with Crippen molar-refractivity contribution in [3.8, 4) is 97.5 Å². The molecule has 322 valence electrons. The van der Waals surface area contributed by atoms with Crippen LogP contribution in [0.25, 0.3) is 115 Å². The van der Waals surface area contributed by atoms with Gasteiger partial charge in [0, 0.05) is 47.6 Å². The van der Waals surface area contributed by atoms with Gasteiger partial charge in [0.05, 0.1) is 63.3 Å². The maximum atomic E-state index is 10.3. The topological polar surface area (TPSA) is 139 Å². The van der Waals surface area contributed by atoms with Crippen molar-refractivity contribution in [2.75, 3.05) is 0 Å². The third-order valence-corrected chi connectivity index (χ3v) is 14.0. The Labute approximate surface area is 405 Å². The summed E-state index contributed by atoms with van der Waals surface area (Å²) in [5, 5.41) is 44.4. The van der Waals surface area contributed by atoms with Crippen LogP contribution in [0.1, 0.15) is 22.3 Å². The second-order valence-corrected chi connectivity index (χ2v) is 17.9. The quantitative estimate of drug-likeness (QED) is 0.155. The Morgan fingerprint density at radius 1 is 0.343 bits per heavy atom. The van der Waals surface area contributed by atoms with E-state index in [4.69, 9.17) is 15.0 Å². The SMILES string of the molecule is N#Cc1ccc(-c2ccc3c4ccc(-c5ccc(C#N)cc5C#N)cc4n(-c4ccc(-c5ccc6c(c5)sc5ccccc56)cc4-c4nc(-c5ccccc5)nc(-c5ccccc5)n4)c3c2)c(C#N)c1. The molecule has 0 N–H and O–H groups in total. The van der Waals surface area contributed by atoms with Gasteiger partial charge in [0.25, 0.3) is 0 Å². The lowest BCUT2D eigenvalue weighted by atomic mass is 9.96. The number of fused-ring (bicyclic) bond motifs is 6. The van der Waals surface area contributed by atoms with Crippen molar-refractivity contribution in [2.45, 2.75) is 0 Å². The monoisotopic (exact) mass is 908 g/mol. The number of benzene rings is 9. The Morgan fingerprint density at radius 3 is 1.40 bits per heavy atom. The highest BCUT2D eigenvalue weighted by Gasteiger charge is 2.23. The van der Waals surface area contributed by atoms with Crippen LogP contribution < -0.4 is 0 Å². The third kappa shape index (κ3) is 7.08. The summed E-state index contributed by atoms with van der Waals surface area (Å²) < 4.78 is 4.63. The molecule has 3 aromatic heterocycles. The fourth-order valence-electron chi connectivity index (χ4n) is 9.45. The van der Waals surface area contributed by atoms with Gasteiger partial charge in [-0.1, -0.05) is 133 Å². The van der Waals surface area contributed by atoms with E-state index in [-0.39, 0.29) is 0 Å². The molecule has 0 radical (unpaired) electrons. The summed E-state index contributed by atoms with van der Waals surface area (Å²) in [6.07, 6.45) is 0. The molecule has 9 aromatic carbocycles. The molecule has 0 amide bonds. The first kappa shape index (κ1) is 41.4. The van der Waals surface area contributed by atoms with Crippen molar-refractivity contribution >= 4 is 53.3 Å². The normalized spacial score (nSPS) is 11.1. The molecule has 70 heavy (non-hydrogen) atoms. The van der Waals surface area contributed by atoms with E-state index in [1.165, 1.54) is 20.2 Å². The molecule has 0 saturated carbocycles. The summed E-state index contributed by atoms with van der Waals surface area (Å²) >= 11 is 1.77. The molecule has 0 aliphatic carbocycles. The van der Waals surface area contributed by atoms with Gasteiger partial charge in [0.2, 0.25) is 0 Å². The lowest BCUT2D eigenvalue weighted by molar-refractivity contribution is 1.06. The average Bonchev–Trinajstić information content (AvgIpc) is 3.97. The number of rotatable bonds is 7. The molecule has 12 aromatic rings. The number of hydrogen-bond donors (Lipinski definition) is 0. The number of thiophene rings is 1. The molecule has 0 spiro atoms. The zero-order chi connectivity index (χ0) is 47.3. The molecule has 9 heteroatoms. The van der Waals surface area contributed by atoms with Crippen molar-refractivity contribution in [3.05, 3.63) is 216 Å². The predicted octanol–water partition coefficient (Wildman–Crippen LogP) is 14.8. The highest BCUT2D eigenvalue weighted by Crippen LogP contribution is 2.43. The van der Waals surface area contributed by atoms with Gasteiger partial charge < -0.3 is 4.57 Å². The maximum absolute atomic E-state index is 10.3. The molecule has 12 rings (SSSR count). The lowest BCUT2D eigenvalue weighted by Crippen LogP contribution is -2.04. The van der Waals surface area contributed by atoms with E-state index in [0.717, 1.165) is 66.4 Å². The fourth-order valence-corrected chi connectivity index (χ4v) is 10.6. The lowest BCUT2D eigenvalue weighted by Gasteiger charge is -2.17. The van der Waals surface area contributed by atoms with Gasteiger partial charge >= 0.3 is 0 Å². The van der Waals surface area contributed by atoms with Gasteiger partial charge in [-0.05, 0) is 94.0 Å². The number of aromatic nitrogens is 4. The fraction of sp³-hybridized carbons (Fsp3) is 0. The Hall–Kier alpha value is -10.0. The second kappa shape index (κ2) is 17.0. The van der Waals surface area contributed by atoms with Gasteiger partial charge in [-0.25, -0.2) is 15.0 Å². The molecule has 0 aliphatic heterocycles. The first-order valence-corrected chi connectivity index (χ1v) is 23.2. The minimum absolute atomic E-state index is 0.390. The van der Waals surface area contributed by atoms with E-state index in [9.17, 15) is 21.0 Å². The van der Waals surface area contributed by atoms with Gasteiger partial charge in [-0.3, -0.25) is 0 Å². The smallest absolute Gasteiger partial charge is 0.166 e. The van der Waals surface area contributed by atoms with Crippen LogP contribution in [-0.4, -0.2) is 19.5 Å². The van der Waals surface area contributed by atoms with E-state index >= 15 is 0 Å². The van der Waals surface area contributed by atoms with Gasteiger partial charge in [-0.15, -0.1) is 11.3 Å². The first-order valence-electron chi connectivity index (χ1n) is 22.4. The highest BCUT2D eigenvalue weighted by molar-refractivity contribution is 7.25. The summed E-state index contributed by atoms with van der Waals surface area (Å²) in [7, 11) is 0. The summed E-state index contributed by atoms with van der Waals surface area (Å²) in [6, 6.07) is 73.0. The van der Waals surface area contributed by atoms with Gasteiger partial charge in [-0.2, -0.15) is 21.0 Å². The average molecular weight is 909 g/mol. The number of nitriles is 4. The molecule has 0 aliphatic rings.